The normalized spacial score (nSPS) is 10.3. The molecule has 3 aromatic rings. The number of benzene rings is 3. The molecule has 0 aliphatic rings. The second-order valence-corrected chi connectivity index (χ2v) is 4.81. The van der Waals surface area contributed by atoms with Crippen LogP contribution in [0.2, 0.25) is 0 Å². The van der Waals surface area contributed by atoms with Gasteiger partial charge < -0.3 is 5.11 Å². The van der Waals surface area contributed by atoms with Crippen molar-refractivity contribution in [1.29, 1.82) is 0 Å². The number of aldehydes is 1. The number of para-hydroxylation sites is 1. The molecule has 0 aliphatic carbocycles. The van der Waals surface area contributed by atoms with Crippen LogP contribution in [-0.4, -0.2) is 11.4 Å². The summed E-state index contributed by atoms with van der Waals surface area (Å²) < 4.78 is 0. The first-order valence-electron chi connectivity index (χ1n) is 6.72. The number of aromatic hydroxyl groups is 1. The van der Waals surface area contributed by atoms with Gasteiger partial charge in [-0.1, -0.05) is 60.7 Å². The Hall–Kier alpha value is -2.87. The Kier molecular flexibility index (Phi) is 3.52. The summed E-state index contributed by atoms with van der Waals surface area (Å²) in [5, 5.41) is 10.1. The lowest BCUT2D eigenvalue weighted by Crippen LogP contribution is -1.87. The first-order valence-corrected chi connectivity index (χ1v) is 6.72. The highest BCUT2D eigenvalue weighted by atomic mass is 16.3. The summed E-state index contributed by atoms with van der Waals surface area (Å²) in [7, 11) is 0. The second-order valence-electron chi connectivity index (χ2n) is 4.81. The van der Waals surface area contributed by atoms with Crippen molar-refractivity contribution in [3.8, 4) is 28.0 Å². The maximum atomic E-state index is 11.0. The fourth-order valence-corrected chi connectivity index (χ4v) is 2.45. The van der Waals surface area contributed by atoms with Gasteiger partial charge in [-0.15, -0.1) is 0 Å². The van der Waals surface area contributed by atoms with E-state index < -0.39 is 0 Å². The third-order valence-corrected chi connectivity index (χ3v) is 3.46. The first-order chi connectivity index (χ1) is 10.3. The van der Waals surface area contributed by atoms with Crippen molar-refractivity contribution in [3.63, 3.8) is 0 Å². The van der Waals surface area contributed by atoms with Crippen molar-refractivity contribution < 1.29 is 9.90 Å². The Morgan fingerprint density at radius 1 is 0.714 bits per heavy atom. The van der Waals surface area contributed by atoms with Crippen LogP contribution in [0.25, 0.3) is 22.3 Å². The summed E-state index contributed by atoms with van der Waals surface area (Å²) in [6.45, 7) is 0. The molecule has 2 nitrogen and oxygen atoms in total. The molecule has 2 heteroatoms. The highest BCUT2D eigenvalue weighted by molar-refractivity contribution is 5.87. The molecular weight excluding hydrogens is 260 g/mol. The van der Waals surface area contributed by atoms with Gasteiger partial charge in [-0.25, -0.2) is 0 Å². The van der Waals surface area contributed by atoms with Crippen molar-refractivity contribution in [3.05, 3.63) is 78.4 Å². The smallest absolute Gasteiger partial charge is 0.150 e. The Balaban J connectivity index is 2.21. The Bertz CT molecular complexity index is 791. The van der Waals surface area contributed by atoms with E-state index in [0.717, 1.165) is 28.5 Å². The van der Waals surface area contributed by atoms with E-state index in [4.69, 9.17) is 0 Å². The zero-order chi connectivity index (χ0) is 14.7. The van der Waals surface area contributed by atoms with Crippen LogP contribution in [0.15, 0.2) is 72.8 Å². The topological polar surface area (TPSA) is 37.3 Å². The molecule has 3 aromatic carbocycles. The Morgan fingerprint density at radius 3 is 2.10 bits per heavy atom. The summed E-state index contributed by atoms with van der Waals surface area (Å²) in [6, 6.07) is 22.6. The molecule has 0 amide bonds. The van der Waals surface area contributed by atoms with Crippen LogP contribution >= 0.6 is 0 Å². The number of phenolic OH excluding ortho intramolecular Hbond substituents is 1. The zero-order valence-corrected chi connectivity index (χ0v) is 11.4. The molecule has 0 aliphatic heterocycles. The van der Waals surface area contributed by atoms with E-state index in [9.17, 15) is 9.90 Å². The average Bonchev–Trinajstić information content (AvgIpc) is 2.55. The van der Waals surface area contributed by atoms with Gasteiger partial charge in [0.15, 0.2) is 0 Å². The van der Waals surface area contributed by atoms with Gasteiger partial charge in [0.05, 0.1) is 0 Å². The largest absolute Gasteiger partial charge is 0.507 e. The number of rotatable bonds is 3. The highest BCUT2D eigenvalue weighted by Crippen LogP contribution is 2.36. The Labute approximate surface area is 123 Å². The van der Waals surface area contributed by atoms with Crippen molar-refractivity contribution >= 4 is 6.29 Å². The van der Waals surface area contributed by atoms with Crippen molar-refractivity contribution in [2.24, 2.45) is 0 Å². The number of hydrogen-bond acceptors (Lipinski definition) is 2. The molecule has 0 saturated heterocycles. The molecule has 0 saturated carbocycles. The molecule has 0 unspecified atom stereocenters. The average molecular weight is 274 g/mol. The quantitative estimate of drug-likeness (QED) is 0.712. The lowest BCUT2D eigenvalue weighted by atomic mass is 9.93. The summed E-state index contributed by atoms with van der Waals surface area (Å²) in [5.41, 5.74) is 4.31. The molecular formula is C19H14O2. The van der Waals surface area contributed by atoms with Crippen LogP contribution in [-0.2, 0) is 0 Å². The molecule has 102 valence electrons. The van der Waals surface area contributed by atoms with E-state index >= 15 is 0 Å². The summed E-state index contributed by atoms with van der Waals surface area (Å²) >= 11 is 0. The van der Waals surface area contributed by atoms with Gasteiger partial charge in [-0.2, -0.15) is 0 Å². The van der Waals surface area contributed by atoms with Gasteiger partial charge >= 0.3 is 0 Å². The van der Waals surface area contributed by atoms with Crippen LogP contribution in [0.4, 0.5) is 0 Å². The molecule has 0 bridgehead atoms. The van der Waals surface area contributed by atoms with E-state index in [1.807, 2.05) is 54.6 Å². The number of carbonyl (C=O) groups is 1. The van der Waals surface area contributed by atoms with E-state index in [1.165, 1.54) is 0 Å². The lowest BCUT2D eigenvalue weighted by molar-refractivity contribution is 0.112. The maximum Gasteiger partial charge on any atom is 0.150 e. The van der Waals surface area contributed by atoms with Gasteiger partial charge in [-0.05, 0) is 28.8 Å². The molecule has 0 fully saturated rings. The molecule has 21 heavy (non-hydrogen) atoms. The van der Waals surface area contributed by atoms with E-state index in [1.54, 1.807) is 18.2 Å². The van der Waals surface area contributed by atoms with Gasteiger partial charge in [0, 0.05) is 11.1 Å². The van der Waals surface area contributed by atoms with Crippen LogP contribution in [0.1, 0.15) is 10.4 Å². The van der Waals surface area contributed by atoms with E-state index in [0.29, 0.717) is 5.56 Å². The molecule has 0 heterocycles. The number of carbonyl (C=O) groups excluding carboxylic acids is 1. The van der Waals surface area contributed by atoms with Crippen LogP contribution < -0.4 is 0 Å². The number of hydrogen-bond donors (Lipinski definition) is 1. The standard InChI is InChI=1S/C19H14O2/c20-13-14-6-5-7-15(12-14)16-8-1-2-9-17(16)18-10-3-4-11-19(18)21/h1-13,21H. The minimum atomic E-state index is 0.247. The first kappa shape index (κ1) is 13.1. The molecule has 0 spiro atoms. The highest BCUT2D eigenvalue weighted by Gasteiger charge is 2.10. The zero-order valence-electron chi connectivity index (χ0n) is 11.4. The predicted molar refractivity (Wildman–Crippen MR) is 84.4 cm³/mol. The van der Waals surface area contributed by atoms with E-state index in [-0.39, 0.29) is 5.75 Å². The minimum absolute atomic E-state index is 0.247. The number of phenols is 1. The molecule has 0 radical (unpaired) electrons. The molecule has 1 N–H and O–H groups in total. The van der Waals surface area contributed by atoms with Crippen molar-refractivity contribution in [1.82, 2.24) is 0 Å². The minimum Gasteiger partial charge on any atom is -0.507 e. The van der Waals surface area contributed by atoms with E-state index in [2.05, 4.69) is 0 Å². The van der Waals surface area contributed by atoms with Crippen LogP contribution in [0.5, 0.6) is 5.75 Å². The SMILES string of the molecule is O=Cc1cccc(-c2ccccc2-c2ccccc2O)c1. The van der Waals surface area contributed by atoms with Gasteiger partial charge in [0.25, 0.3) is 0 Å². The summed E-state index contributed by atoms with van der Waals surface area (Å²) in [6.07, 6.45) is 0.839. The van der Waals surface area contributed by atoms with Crippen LogP contribution in [0, 0.1) is 0 Å². The summed E-state index contributed by atoms with van der Waals surface area (Å²) in [4.78, 5) is 11.0. The molecule has 0 atom stereocenters. The summed E-state index contributed by atoms with van der Waals surface area (Å²) in [5.74, 6) is 0.247. The monoisotopic (exact) mass is 274 g/mol. The predicted octanol–water partition coefficient (Wildman–Crippen LogP) is 4.54. The Morgan fingerprint density at radius 2 is 1.38 bits per heavy atom. The molecule has 3 rings (SSSR count). The fraction of sp³-hybridized carbons (Fsp3) is 0. The second kappa shape index (κ2) is 5.63. The fourth-order valence-electron chi connectivity index (χ4n) is 2.45. The van der Waals surface area contributed by atoms with Crippen molar-refractivity contribution in [2.45, 2.75) is 0 Å². The lowest BCUT2D eigenvalue weighted by Gasteiger charge is -2.11. The molecule has 0 aromatic heterocycles. The van der Waals surface area contributed by atoms with Crippen molar-refractivity contribution in [2.75, 3.05) is 0 Å². The van der Waals surface area contributed by atoms with Gasteiger partial charge in [0.2, 0.25) is 0 Å². The third kappa shape index (κ3) is 2.56. The van der Waals surface area contributed by atoms with Crippen LogP contribution in [0.3, 0.4) is 0 Å². The van der Waals surface area contributed by atoms with Gasteiger partial charge in [-0.3, -0.25) is 4.79 Å². The maximum absolute atomic E-state index is 11.0. The third-order valence-electron chi connectivity index (χ3n) is 3.46. The van der Waals surface area contributed by atoms with Gasteiger partial charge in [0.1, 0.15) is 12.0 Å².